The fourth-order valence-electron chi connectivity index (χ4n) is 4.00. The summed E-state index contributed by atoms with van der Waals surface area (Å²) in [6, 6.07) is 0. The van der Waals surface area contributed by atoms with Gasteiger partial charge in [-0.2, -0.15) is 0 Å². The zero-order chi connectivity index (χ0) is 13.7. The van der Waals surface area contributed by atoms with Gasteiger partial charge >= 0.3 is 5.97 Å². The van der Waals surface area contributed by atoms with Crippen LogP contribution in [0.2, 0.25) is 0 Å². The van der Waals surface area contributed by atoms with Crippen LogP contribution in [0.5, 0.6) is 0 Å². The molecule has 2 fully saturated rings. The Balaban J connectivity index is 1.78. The SMILES string of the molecule is CO[C@@H]1CCC[C@@]12CCCN(CCCCC(=O)O)C2. The molecule has 2 aliphatic rings. The summed E-state index contributed by atoms with van der Waals surface area (Å²) in [6.45, 7) is 3.37. The molecule has 4 nitrogen and oxygen atoms in total. The monoisotopic (exact) mass is 269 g/mol. The number of carboxylic acids is 1. The molecule has 1 aliphatic carbocycles. The molecule has 1 aliphatic heterocycles. The van der Waals surface area contributed by atoms with Gasteiger partial charge in [0, 0.05) is 25.5 Å². The van der Waals surface area contributed by atoms with E-state index in [1.165, 1.54) is 38.6 Å². The van der Waals surface area contributed by atoms with Gasteiger partial charge in [0.25, 0.3) is 0 Å². The Labute approximate surface area is 116 Å². The van der Waals surface area contributed by atoms with Gasteiger partial charge in [-0.1, -0.05) is 6.42 Å². The predicted octanol–water partition coefficient (Wildman–Crippen LogP) is 2.52. The van der Waals surface area contributed by atoms with Crippen LogP contribution in [0, 0.1) is 5.41 Å². The van der Waals surface area contributed by atoms with E-state index in [-0.39, 0.29) is 0 Å². The summed E-state index contributed by atoms with van der Waals surface area (Å²) in [5.74, 6) is -0.676. The van der Waals surface area contributed by atoms with Crippen LogP contribution in [0.4, 0.5) is 0 Å². The smallest absolute Gasteiger partial charge is 0.303 e. The van der Waals surface area contributed by atoms with Gasteiger partial charge in [0.05, 0.1) is 6.10 Å². The third kappa shape index (κ3) is 3.69. The number of hydrogen-bond donors (Lipinski definition) is 1. The molecule has 0 aromatic carbocycles. The van der Waals surface area contributed by atoms with E-state index in [4.69, 9.17) is 9.84 Å². The molecule has 1 saturated carbocycles. The minimum absolute atomic E-state index is 0.305. The van der Waals surface area contributed by atoms with E-state index in [1.54, 1.807) is 0 Å². The van der Waals surface area contributed by atoms with E-state index in [9.17, 15) is 4.79 Å². The third-order valence-electron chi connectivity index (χ3n) is 4.91. The minimum atomic E-state index is -0.676. The van der Waals surface area contributed by atoms with Gasteiger partial charge in [-0.3, -0.25) is 4.79 Å². The van der Waals surface area contributed by atoms with Crippen LogP contribution in [0.1, 0.15) is 51.4 Å². The van der Waals surface area contributed by atoms with Crippen molar-refractivity contribution in [2.24, 2.45) is 5.41 Å². The van der Waals surface area contributed by atoms with Gasteiger partial charge in [0.2, 0.25) is 0 Å². The summed E-state index contributed by atoms with van der Waals surface area (Å²) in [5.41, 5.74) is 0.389. The highest BCUT2D eigenvalue weighted by Crippen LogP contribution is 2.46. The minimum Gasteiger partial charge on any atom is -0.481 e. The second-order valence-corrected chi connectivity index (χ2v) is 6.21. The van der Waals surface area contributed by atoms with Crippen molar-refractivity contribution in [3.05, 3.63) is 0 Å². The lowest BCUT2D eigenvalue weighted by Gasteiger charge is -2.43. The van der Waals surface area contributed by atoms with Crippen LogP contribution in [0.15, 0.2) is 0 Å². The molecule has 0 aromatic rings. The van der Waals surface area contributed by atoms with Crippen LogP contribution in [-0.4, -0.2) is 48.8 Å². The number of piperidine rings is 1. The van der Waals surface area contributed by atoms with Crippen molar-refractivity contribution in [3.8, 4) is 0 Å². The van der Waals surface area contributed by atoms with Crippen LogP contribution in [0.3, 0.4) is 0 Å². The predicted molar refractivity (Wildman–Crippen MR) is 74.2 cm³/mol. The van der Waals surface area contributed by atoms with Crippen LogP contribution in [0.25, 0.3) is 0 Å². The van der Waals surface area contributed by atoms with E-state index in [2.05, 4.69) is 4.90 Å². The van der Waals surface area contributed by atoms with Crippen molar-refractivity contribution in [3.63, 3.8) is 0 Å². The molecule has 1 heterocycles. The average molecular weight is 269 g/mol. The van der Waals surface area contributed by atoms with E-state index in [0.29, 0.717) is 17.9 Å². The van der Waals surface area contributed by atoms with E-state index >= 15 is 0 Å². The number of unbranched alkanes of at least 4 members (excludes halogenated alkanes) is 1. The van der Waals surface area contributed by atoms with Gasteiger partial charge in [0.15, 0.2) is 0 Å². The van der Waals surface area contributed by atoms with Gasteiger partial charge in [-0.25, -0.2) is 0 Å². The van der Waals surface area contributed by atoms with Crippen molar-refractivity contribution in [2.45, 2.75) is 57.5 Å². The molecule has 0 unspecified atom stereocenters. The average Bonchev–Trinajstić information content (AvgIpc) is 2.77. The van der Waals surface area contributed by atoms with E-state index < -0.39 is 5.97 Å². The highest BCUT2D eigenvalue weighted by atomic mass is 16.5. The highest BCUT2D eigenvalue weighted by molar-refractivity contribution is 5.66. The quantitative estimate of drug-likeness (QED) is 0.753. The molecule has 1 saturated heterocycles. The maximum Gasteiger partial charge on any atom is 0.303 e. The molecule has 0 aromatic heterocycles. The van der Waals surface area contributed by atoms with Gasteiger partial charge in [0.1, 0.15) is 0 Å². The molecule has 1 spiro atoms. The fraction of sp³-hybridized carbons (Fsp3) is 0.933. The van der Waals surface area contributed by atoms with Crippen LogP contribution < -0.4 is 0 Å². The van der Waals surface area contributed by atoms with Crippen LogP contribution >= 0.6 is 0 Å². The van der Waals surface area contributed by atoms with Crippen molar-refractivity contribution < 1.29 is 14.6 Å². The van der Waals surface area contributed by atoms with E-state index in [1.807, 2.05) is 7.11 Å². The second kappa shape index (κ2) is 6.71. The topological polar surface area (TPSA) is 49.8 Å². The summed E-state index contributed by atoms with van der Waals surface area (Å²) < 4.78 is 5.71. The molecule has 2 rings (SSSR count). The summed E-state index contributed by atoms with van der Waals surface area (Å²) >= 11 is 0. The van der Waals surface area contributed by atoms with Gasteiger partial charge in [-0.15, -0.1) is 0 Å². The Morgan fingerprint density at radius 1 is 1.37 bits per heavy atom. The van der Waals surface area contributed by atoms with Crippen molar-refractivity contribution >= 4 is 5.97 Å². The summed E-state index contributed by atoms with van der Waals surface area (Å²) in [4.78, 5) is 13.0. The number of carbonyl (C=O) groups is 1. The molecule has 0 bridgehead atoms. The number of ether oxygens (including phenoxy) is 1. The molecular formula is C15H27NO3. The van der Waals surface area contributed by atoms with Crippen LogP contribution in [-0.2, 0) is 9.53 Å². The number of likely N-dealkylation sites (tertiary alicyclic amines) is 1. The lowest BCUT2D eigenvalue weighted by molar-refractivity contribution is -0.137. The first-order chi connectivity index (χ1) is 9.16. The third-order valence-corrected chi connectivity index (χ3v) is 4.91. The number of rotatable bonds is 6. The lowest BCUT2D eigenvalue weighted by atomic mass is 9.76. The Morgan fingerprint density at radius 3 is 2.89 bits per heavy atom. The first kappa shape index (κ1) is 14.8. The van der Waals surface area contributed by atoms with Gasteiger partial charge < -0.3 is 14.7 Å². The summed E-state index contributed by atoms with van der Waals surface area (Å²) in [7, 11) is 1.85. The summed E-state index contributed by atoms with van der Waals surface area (Å²) in [6.07, 6.45) is 8.92. The first-order valence-electron chi connectivity index (χ1n) is 7.63. The summed E-state index contributed by atoms with van der Waals surface area (Å²) in [5, 5.41) is 8.65. The zero-order valence-electron chi connectivity index (χ0n) is 12.1. The number of nitrogens with zero attached hydrogens (tertiary/aromatic N) is 1. The number of aliphatic carboxylic acids is 1. The fourth-order valence-corrected chi connectivity index (χ4v) is 4.00. The normalized spacial score (nSPS) is 31.9. The zero-order valence-corrected chi connectivity index (χ0v) is 12.1. The number of methoxy groups -OCH3 is 1. The number of hydrogen-bond acceptors (Lipinski definition) is 3. The maximum absolute atomic E-state index is 10.5. The highest BCUT2D eigenvalue weighted by Gasteiger charge is 2.45. The Morgan fingerprint density at radius 2 is 2.16 bits per heavy atom. The van der Waals surface area contributed by atoms with Crippen molar-refractivity contribution in [2.75, 3.05) is 26.7 Å². The molecule has 110 valence electrons. The molecule has 2 atom stereocenters. The molecule has 19 heavy (non-hydrogen) atoms. The molecule has 0 radical (unpaired) electrons. The molecule has 1 N–H and O–H groups in total. The standard InChI is InChI=1S/C15H27NO3/c1-19-13-6-4-8-15(13)9-5-11-16(12-15)10-3-2-7-14(17)18/h13H,2-12H2,1H3,(H,17,18)/t13-,15+/m1/s1. The van der Waals surface area contributed by atoms with Crippen molar-refractivity contribution in [1.82, 2.24) is 4.90 Å². The Hall–Kier alpha value is -0.610. The van der Waals surface area contributed by atoms with E-state index in [0.717, 1.165) is 25.9 Å². The van der Waals surface area contributed by atoms with Crippen molar-refractivity contribution in [1.29, 1.82) is 0 Å². The Kier molecular flexibility index (Phi) is 5.22. The molecule has 4 heteroatoms. The molecule has 0 amide bonds. The second-order valence-electron chi connectivity index (χ2n) is 6.21. The maximum atomic E-state index is 10.5. The number of carboxylic acid groups (broad SMARTS) is 1. The largest absolute Gasteiger partial charge is 0.481 e. The first-order valence-corrected chi connectivity index (χ1v) is 7.63. The Bertz CT molecular complexity index is 308. The lowest BCUT2D eigenvalue weighted by Crippen LogP contribution is -2.47. The van der Waals surface area contributed by atoms with Gasteiger partial charge in [-0.05, 0) is 51.6 Å². The molecular weight excluding hydrogens is 242 g/mol.